The van der Waals surface area contributed by atoms with Gasteiger partial charge in [0.05, 0.1) is 23.7 Å². The van der Waals surface area contributed by atoms with Gasteiger partial charge in [-0.3, -0.25) is 4.90 Å². The van der Waals surface area contributed by atoms with Crippen molar-refractivity contribution < 1.29 is 9.26 Å². The molecule has 2 aliphatic rings. The number of hydrogen-bond acceptors (Lipinski definition) is 7. The normalized spacial score (nSPS) is 18.1. The van der Waals surface area contributed by atoms with E-state index < -0.39 is 0 Å². The second-order valence-electron chi connectivity index (χ2n) is 7.43. The molecule has 3 aromatic rings. The fourth-order valence-corrected chi connectivity index (χ4v) is 3.54. The van der Waals surface area contributed by atoms with E-state index in [0.29, 0.717) is 11.8 Å². The largest absolute Gasteiger partial charge is 0.477 e. The second kappa shape index (κ2) is 7.15. The molecule has 140 valence electrons. The van der Waals surface area contributed by atoms with Crippen molar-refractivity contribution in [3.05, 3.63) is 42.5 Å². The van der Waals surface area contributed by atoms with Crippen LogP contribution in [0.15, 0.2) is 41.5 Å². The Kier molecular flexibility index (Phi) is 4.37. The summed E-state index contributed by atoms with van der Waals surface area (Å²) in [6.07, 6.45) is 7.65. The number of nitrogens with zero attached hydrogens (tertiary/aromatic N) is 5. The van der Waals surface area contributed by atoms with Gasteiger partial charge in [0.1, 0.15) is 12.6 Å². The van der Waals surface area contributed by atoms with Crippen LogP contribution in [0.2, 0.25) is 0 Å². The maximum atomic E-state index is 5.97. The van der Waals surface area contributed by atoms with Gasteiger partial charge in [-0.1, -0.05) is 5.16 Å². The molecule has 0 radical (unpaired) electrons. The summed E-state index contributed by atoms with van der Waals surface area (Å²) in [6.45, 7) is 5.66. The smallest absolute Gasteiger partial charge is 0.224 e. The molecule has 1 aliphatic heterocycles. The number of aromatic nitrogens is 3. The first-order valence-electron chi connectivity index (χ1n) is 9.58. The molecule has 5 rings (SSSR count). The van der Waals surface area contributed by atoms with E-state index >= 15 is 0 Å². The number of anilines is 1. The summed E-state index contributed by atoms with van der Waals surface area (Å²) in [5, 5.41) is 4.78. The predicted octanol–water partition coefficient (Wildman–Crippen LogP) is 2.73. The summed E-state index contributed by atoms with van der Waals surface area (Å²) >= 11 is 0. The van der Waals surface area contributed by atoms with Gasteiger partial charge in [0.25, 0.3) is 0 Å². The standard InChI is InChI=1S/C20H23N5O2/c1-2-15(1)12-26-20-18-9-17(3-4-19(18)21-14-22-20)25-7-5-24(6-8-25)11-16-10-23-27-13-16/h3-4,9-10,13-15H,1-2,5-8,11-12H2. The van der Waals surface area contributed by atoms with Crippen LogP contribution in [0.5, 0.6) is 5.88 Å². The van der Waals surface area contributed by atoms with E-state index in [1.54, 1.807) is 18.8 Å². The first-order valence-corrected chi connectivity index (χ1v) is 9.58. The third-order valence-corrected chi connectivity index (χ3v) is 5.36. The number of rotatable bonds is 6. The molecule has 1 saturated heterocycles. The number of hydrogen-bond donors (Lipinski definition) is 0. The van der Waals surface area contributed by atoms with E-state index in [4.69, 9.17) is 9.26 Å². The van der Waals surface area contributed by atoms with Gasteiger partial charge in [0, 0.05) is 44.0 Å². The molecule has 0 spiro atoms. The molecule has 3 heterocycles. The van der Waals surface area contributed by atoms with Gasteiger partial charge in [0.2, 0.25) is 5.88 Å². The molecule has 0 amide bonds. The van der Waals surface area contributed by atoms with Crippen molar-refractivity contribution in [1.82, 2.24) is 20.0 Å². The van der Waals surface area contributed by atoms with Crippen LogP contribution in [-0.4, -0.2) is 52.8 Å². The van der Waals surface area contributed by atoms with Crippen molar-refractivity contribution in [3.8, 4) is 5.88 Å². The summed E-state index contributed by atoms with van der Waals surface area (Å²) in [4.78, 5) is 13.6. The van der Waals surface area contributed by atoms with Gasteiger partial charge >= 0.3 is 0 Å². The van der Waals surface area contributed by atoms with Crippen molar-refractivity contribution in [2.45, 2.75) is 19.4 Å². The SMILES string of the molecule is c1nc(OCC2CC2)c2cc(N3CCN(Cc4cnoc4)CC3)ccc2n1. The van der Waals surface area contributed by atoms with Crippen LogP contribution in [0.25, 0.3) is 10.9 Å². The third-order valence-electron chi connectivity index (χ3n) is 5.36. The summed E-state index contributed by atoms with van der Waals surface area (Å²) < 4.78 is 10.9. The molecule has 1 aromatic carbocycles. The van der Waals surface area contributed by atoms with Crippen LogP contribution < -0.4 is 9.64 Å². The van der Waals surface area contributed by atoms with Gasteiger partial charge in [-0.2, -0.15) is 0 Å². The van der Waals surface area contributed by atoms with Crippen LogP contribution in [-0.2, 0) is 6.54 Å². The first kappa shape index (κ1) is 16.5. The molecule has 0 bridgehead atoms. The van der Waals surface area contributed by atoms with Crippen molar-refractivity contribution in [2.75, 3.05) is 37.7 Å². The van der Waals surface area contributed by atoms with Crippen LogP contribution in [0, 0.1) is 5.92 Å². The molecule has 2 aromatic heterocycles. The van der Waals surface area contributed by atoms with Gasteiger partial charge in [-0.25, -0.2) is 9.97 Å². The highest BCUT2D eigenvalue weighted by Gasteiger charge is 2.23. The quantitative estimate of drug-likeness (QED) is 0.665. The average Bonchev–Trinajstić information content (AvgIpc) is 3.41. The Bertz CT molecular complexity index is 902. The lowest BCUT2D eigenvalue weighted by Crippen LogP contribution is -2.45. The maximum absolute atomic E-state index is 5.97. The summed E-state index contributed by atoms with van der Waals surface area (Å²) in [7, 11) is 0. The minimum atomic E-state index is 0.705. The lowest BCUT2D eigenvalue weighted by molar-refractivity contribution is 0.249. The highest BCUT2D eigenvalue weighted by molar-refractivity contribution is 5.86. The van der Waals surface area contributed by atoms with Crippen LogP contribution in [0.4, 0.5) is 5.69 Å². The Hall–Kier alpha value is -2.67. The van der Waals surface area contributed by atoms with Gasteiger partial charge in [0.15, 0.2) is 0 Å². The first-order chi connectivity index (χ1) is 13.3. The Morgan fingerprint density at radius 3 is 2.78 bits per heavy atom. The molecule has 0 atom stereocenters. The maximum Gasteiger partial charge on any atom is 0.224 e. The minimum absolute atomic E-state index is 0.705. The molecule has 0 unspecified atom stereocenters. The van der Waals surface area contributed by atoms with E-state index in [2.05, 4.69) is 43.1 Å². The fourth-order valence-electron chi connectivity index (χ4n) is 3.54. The molecule has 1 saturated carbocycles. The summed E-state index contributed by atoms with van der Waals surface area (Å²) in [5.41, 5.74) is 3.27. The Morgan fingerprint density at radius 2 is 2.00 bits per heavy atom. The van der Waals surface area contributed by atoms with Gasteiger partial charge < -0.3 is 14.2 Å². The molecule has 0 N–H and O–H groups in total. The lowest BCUT2D eigenvalue weighted by atomic mass is 10.2. The highest BCUT2D eigenvalue weighted by atomic mass is 16.5. The lowest BCUT2D eigenvalue weighted by Gasteiger charge is -2.36. The van der Waals surface area contributed by atoms with Crippen molar-refractivity contribution >= 4 is 16.6 Å². The molecule has 2 fully saturated rings. The number of fused-ring (bicyclic) bond motifs is 1. The Balaban J connectivity index is 1.29. The zero-order valence-corrected chi connectivity index (χ0v) is 15.3. The van der Waals surface area contributed by atoms with Crippen molar-refractivity contribution in [2.24, 2.45) is 5.92 Å². The van der Waals surface area contributed by atoms with Crippen molar-refractivity contribution in [3.63, 3.8) is 0 Å². The Morgan fingerprint density at radius 1 is 1.11 bits per heavy atom. The fraction of sp³-hybridized carbons (Fsp3) is 0.450. The monoisotopic (exact) mass is 365 g/mol. The molecule has 1 aliphatic carbocycles. The zero-order chi connectivity index (χ0) is 18.1. The molecular weight excluding hydrogens is 342 g/mol. The summed E-state index contributed by atoms with van der Waals surface area (Å²) in [5.74, 6) is 1.41. The van der Waals surface area contributed by atoms with Crippen LogP contribution in [0.3, 0.4) is 0 Å². The molecule has 7 heteroatoms. The van der Waals surface area contributed by atoms with E-state index in [1.807, 2.05) is 0 Å². The average molecular weight is 365 g/mol. The van der Waals surface area contributed by atoms with Gasteiger partial charge in [-0.15, -0.1) is 0 Å². The van der Waals surface area contributed by atoms with E-state index in [9.17, 15) is 0 Å². The molecule has 7 nitrogen and oxygen atoms in total. The number of benzene rings is 1. The minimum Gasteiger partial charge on any atom is -0.477 e. The van der Waals surface area contributed by atoms with E-state index in [1.165, 1.54) is 18.5 Å². The summed E-state index contributed by atoms with van der Waals surface area (Å²) in [6, 6.07) is 6.39. The van der Waals surface area contributed by atoms with E-state index in [0.717, 1.165) is 55.8 Å². The van der Waals surface area contributed by atoms with Crippen LogP contribution in [0.1, 0.15) is 18.4 Å². The number of ether oxygens (including phenoxy) is 1. The number of piperazine rings is 1. The van der Waals surface area contributed by atoms with E-state index in [-0.39, 0.29) is 0 Å². The predicted molar refractivity (Wildman–Crippen MR) is 102 cm³/mol. The van der Waals surface area contributed by atoms with Crippen molar-refractivity contribution in [1.29, 1.82) is 0 Å². The van der Waals surface area contributed by atoms with Crippen LogP contribution >= 0.6 is 0 Å². The third kappa shape index (κ3) is 3.73. The molecule has 27 heavy (non-hydrogen) atoms. The Labute approximate surface area is 157 Å². The topological polar surface area (TPSA) is 67.5 Å². The molecular formula is C20H23N5O2. The second-order valence-corrected chi connectivity index (χ2v) is 7.43. The zero-order valence-electron chi connectivity index (χ0n) is 15.3. The van der Waals surface area contributed by atoms with Gasteiger partial charge in [-0.05, 0) is 37.0 Å². The highest BCUT2D eigenvalue weighted by Crippen LogP contribution is 2.32.